The number of aliphatic hydroxyl groups is 1. The molecule has 3 nitrogen and oxygen atoms in total. The average molecular weight is 146 g/mol. The second-order valence-electron chi connectivity index (χ2n) is 2.14. The van der Waals surface area contributed by atoms with Gasteiger partial charge in [-0.15, -0.1) is 0 Å². The summed E-state index contributed by atoms with van der Waals surface area (Å²) in [7, 11) is 0. The second-order valence-corrected chi connectivity index (χ2v) is 2.14. The van der Waals surface area contributed by atoms with Crippen LogP contribution in [-0.2, 0) is 9.53 Å². The molecule has 0 spiro atoms. The second kappa shape index (κ2) is 5.38. The Morgan fingerprint density at radius 3 is 2.60 bits per heavy atom. The van der Waals surface area contributed by atoms with Crippen LogP contribution in [0.4, 0.5) is 0 Å². The van der Waals surface area contributed by atoms with E-state index >= 15 is 0 Å². The van der Waals surface area contributed by atoms with Gasteiger partial charge in [-0.2, -0.15) is 0 Å². The fourth-order valence-electron chi connectivity index (χ4n) is 0.713. The molecule has 1 N–H and O–H groups in total. The third kappa shape index (κ3) is 3.58. The Balaban J connectivity index is 3.60. The van der Waals surface area contributed by atoms with Crippen molar-refractivity contribution in [3.8, 4) is 0 Å². The summed E-state index contributed by atoms with van der Waals surface area (Å²) in [6.45, 7) is 3.98. The molecule has 2 unspecified atom stereocenters. The fraction of sp³-hybridized carbons (Fsp3) is 0.857. The molecule has 0 fully saturated rings. The molecule has 0 rings (SSSR count). The van der Waals surface area contributed by atoms with E-state index in [-0.39, 0.29) is 12.5 Å². The van der Waals surface area contributed by atoms with Crippen molar-refractivity contribution in [2.75, 3.05) is 6.61 Å². The van der Waals surface area contributed by atoms with E-state index in [0.717, 1.165) is 6.29 Å². The Bertz CT molecular complexity index is 90.9. The zero-order valence-corrected chi connectivity index (χ0v) is 6.41. The molecule has 0 saturated heterocycles. The van der Waals surface area contributed by atoms with Crippen LogP contribution in [0.5, 0.6) is 0 Å². The number of aldehydes is 1. The van der Waals surface area contributed by atoms with Crippen LogP contribution in [-0.4, -0.2) is 30.2 Å². The van der Waals surface area contributed by atoms with Gasteiger partial charge in [-0.1, -0.05) is 0 Å². The van der Waals surface area contributed by atoms with Crippen LogP contribution in [0.2, 0.25) is 0 Å². The summed E-state index contributed by atoms with van der Waals surface area (Å²) >= 11 is 0. The molecule has 0 aromatic carbocycles. The Morgan fingerprint density at radius 1 is 1.70 bits per heavy atom. The highest BCUT2D eigenvalue weighted by Crippen LogP contribution is 2.01. The molecule has 3 heteroatoms. The summed E-state index contributed by atoms with van der Waals surface area (Å²) in [5.41, 5.74) is 0. The molecule has 0 amide bonds. The first-order valence-corrected chi connectivity index (χ1v) is 3.45. The largest absolute Gasteiger partial charge is 0.391 e. The van der Waals surface area contributed by atoms with Crippen LogP contribution in [0.1, 0.15) is 20.3 Å². The Hall–Kier alpha value is -0.410. The zero-order valence-electron chi connectivity index (χ0n) is 6.41. The van der Waals surface area contributed by atoms with Gasteiger partial charge in [0, 0.05) is 13.0 Å². The minimum Gasteiger partial charge on any atom is -0.391 e. The number of ether oxygens (including phenoxy) is 1. The summed E-state index contributed by atoms with van der Waals surface area (Å²) in [5.74, 6) is 0. The van der Waals surface area contributed by atoms with Crippen LogP contribution in [0, 0.1) is 0 Å². The highest BCUT2D eigenvalue weighted by molar-refractivity contribution is 5.50. The van der Waals surface area contributed by atoms with Crippen molar-refractivity contribution in [3.05, 3.63) is 0 Å². The van der Waals surface area contributed by atoms with Crippen LogP contribution < -0.4 is 0 Å². The van der Waals surface area contributed by atoms with Gasteiger partial charge in [-0.3, -0.25) is 0 Å². The minimum atomic E-state index is -0.565. The molecular weight excluding hydrogens is 132 g/mol. The zero-order chi connectivity index (χ0) is 7.98. The van der Waals surface area contributed by atoms with E-state index in [9.17, 15) is 4.79 Å². The molecule has 0 aromatic heterocycles. The number of aliphatic hydroxyl groups excluding tert-OH is 1. The van der Waals surface area contributed by atoms with Crippen LogP contribution >= 0.6 is 0 Å². The van der Waals surface area contributed by atoms with Crippen LogP contribution in [0.25, 0.3) is 0 Å². The Morgan fingerprint density at radius 2 is 2.30 bits per heavy atom. The predicted molar refractivity (Wildman–Crippen MR) is 37.8 cm³/mol. The van der Waals surface area contributed by atoms with E-state index in [1.54, 1.807) is 6.92 Å². The van der Waals surface area contributed by atoms with Gasteiger partial charge in [-0.05, 0) is 13.8 Å². The maximum Gasteiger partial charge on any atom is 0.122 e. The van der Waals surface area contributed by atoms with Crippen molar-refractivity contribution >= 4 is 6.29 Å². The number of rotatable bonds is 5. The lowest BCUT2D eigenvalue weighted by molar-refractivity contribution is -0.113. The standard InChI is InChI=1S/C7H14O3/c1-3-10-7(4-5-8)6(2)9/h5-7,9H,3-4H2,1-2H3. The van der Waals surface area contributed by atoms with Crippen molar-refractivity contribution < 1.29 is 14.6 Å². The first kappa shape index (κ1) is 9.59. The molecule has 0 saturated carbocycles. The minimum absolute atomic E-state index is 0.269. The van der Waals surface area contributed by atoms with Crippen LogP contribution in [0.15, 0.2) is 0 Å². The first-order valence-electron chi connectivity index (χ1n) is 3.45. The predicted octanol–water partition coefficient (Wildman–Crippen LogP) is 0.361. The topological polar surface area (TPSA) is 46.5 Å². The third-order valence-electron chi connectivity index (χ3n) is 1.25. The van der Waals surface area contributed by atoms with Gasteiger partial charge in [0.15, 0.2) is 0 Å². The molecule has 60 valence electrons. The molecule has 2 atom stereocenters. The maximum absolute atomic E-state index is 10.0. The molecule has 10 heavy (non-hydrogen) atoms. The molecular formula is C7H14O3. The average Bonchev–Trinajstić information content (AvgIpc) is 1.87. The van der Waals surface area contributed by atoms with Crippen molar-refractivity contribution in [3.63, 3.8) is 0 Å². The summed E-state index contributed by atoms with van der Waals surface area (Å²) in [4.78, 5) is 10.0. The van der Waals surface area contributed by atoms with E-state index in [4.69, 9.17) is 9.84 Å². The number of carbonyl (C=O) groups is 1. The van der Waals surface area contributed by atoms with E-state index in [2.05, 4.69) is 0 Å². The lowest BCUT2D eigenvalue weighted by atomic mass is 10.2. The van der Waals surface area contributed by atoms with Gasteiger partial charge in [0.2, 0.25) is 0 Å². The van der Waals surface area contributed by atoms with Crippen molar-refractivity contribution in [2.24, 2.45) is 0 Å². The summed E-state index contributed by atoms with van der Waals surface area (Å²) in [5, 5.41) is 8.99. The number of carbonyl (C=O) groups excluding carboxylic acids is 1. The molecule has 0 radical (unpaired) electrons. The lowest BCUT2D eigenvalue weighted by Crippen LogP contribution is -2.26. The molecule has 0 aliphatic rings. The fourth-order valence-corrected chi connectivity index (χ4v) is 0.713. The van der Waals surface area contributed by atoms with Gasteiger partial charge >= 0.3 is 0 Å². The van der Waals surface area contributed by atoms with Crippen molar-refractivity contribution in [1.82, 2.24) is 0 Å². The Kier molecular flexibility index (Phi) is 5.16. The van der Waals surface area contributed by atoms with Crippen LogP contribution in [0.3, 0.4) is 0 Å². The number of hydrogen-bond donors (Lipinski definition) is 1. The van der Waals surface area contributed by atoms with Gasteiger partial charge < -0.3 is 14.6 Å². The van der Waals surface area contributed by atoms with E-state index in [1.165, 1.54) is 0 Å². The molecule has 0 aliphatic carbocycles. The van der Waals surface area contributed by atoms with E-state index < -0.39 is 6.10 Å². The molecule has 0 bridgehead atoms. The summed E-state index contributed by atoms with van der Waals surface area (Å²) < 4.78 is 5.06. The SMILES string of the molecule is CCOC(CC=O)C(C)O. The highest BCUT2D eigenvalue weighted by Gasteiger charge is 2.13. The van der Waals surface area contributed by atoms with E-state index in [1.807, 2.05) is 6.92 Å². The lowest BCUT2D eigenvalue weighted by Gasteiger charge is -2.16. The summed E-state index contributed by atoms with van der Waals surface area (Å²) in [6.07, 6.45) is 0.131. The highest BCUT2D eigenvalue weighted by atomic mass is 16.5. The quantitative estimate of drug-likeness (QED) is 0.570. The monoisotopic (exact) mass is 146 g/mol. The molecule has 0 aromatic rings. The first-order chi connectivity index (χ1) is 4.72. The van der Waals surface area contributed by atoms with Gasteiger partial charge in [0.05, 0.1) is 12.2 Å². The smallest absolute Gasteiger partial charge is 0.122 e. The third-order valence-corrected chi connectivity index (χ3v) is 1.25. The number of hydrogen-bond acceptors (Lipinski definition) is 3. The van der Waals surface area contributed by atoms with Gasteiger partial charge in [0.25, 0.3) is 0 Å². The van der Waals surface area contributed by atoms with Gasteiger partial charge in [0.1, 0.15) is 6.29 Å². The van der Waals surface area contributed by atoms with Crippen molar-refractivity contribution in [1.29, 1.82) is 0 Å². The molecule has 0 heterocycles. The summed E-state index contributed by atoms with van der Waals surface area (Å²) in [6, 6.07) is 0. The molecule has 0 aliphatic heterocycles. The normalized spacial score (nSPS) is 16.3. The van der Waals surface area contributed by atoms with Gasteiger partial charge in [-0.25, -0.2) is 0 Å². The maximum atomic E-state index is 10.0. The van der Waals surface area contributed by atoms with Crippen molar-refractivity contribution in [2.45, 2.75) is 32.5 Å². The van der Waals surface area contributed by atoms with E-state index in [0.29, 0.717) is 6.61 Å². The Labute approximate surface area is 61.0 Å².